The van der Waals surface area contributed by atoms with Gasteiger partial charge >= 0.3 is 0 Å². The Kier molecular flexibility index (Phi) is 18.5. The van der Waals surface area contributed by atoms with Crippen molar-refractivity contribution in [1.82, 2.24) is 10.6 Å². The second-order valence-corrected chi connectivity index (χ2v) is 2.33. The van der Waals surface area contributed by atoms with Crippen molar-refractivity contribution in [3.63, 3.8) is 0 Å². The number of hydrogen-bond acceptors (Lipinski definition) is 6. The van der Waals surface area contributed by atoms with Crippen molar-refractivity contribution < 1.29 is 0 Å². The lowest BCUT2D eigenvalue weighted by atomic mass is 10.7. The molecule has 0 saturated carbocycles. The van der Waals surface area contributed by atoms with Crippen LogP contribution in [0.1, 0.15) is 6.92 Å². The van der Waals surface area contributed by atoms with Crippen LogP contribution >= 0.6 is 0 Å². The van der Waals surface area contributed by atoms with E-state index in [1.54, 1.807) is 20.2 Å². The van der Waals surface area contributed by atoms with Crippen molar-refractivity contribution in [2.45, 2.75) is 6.92 Å². The van der Waals surface area contributed by atoms with E-state index in [4.69, 9.17) is 38.4 Å². The predicted octanol–water partition coefficient (Wildman–Crippen LogP) is -2.20. The summed E-state index contributed by atoms with van der Waals surface area (Å²) in [5.74, 6) is -0.308. The van der Waals surface area contributed by atoms with Gasteiger partial charge in [-0.2, -0.15) is 25.8 Å². The Labute approximate surface area is 110 Å². The van der Waals surface area contributed by atoms with Gasteiger partial charge in [-0.05, 0) is 6.92 Å². The van der Waals surface area contributed by atoms with Gasteiger partial charge in [0.15, 0.2) is 12.4 Å². The molecule has 0 radical (unpaired) electrons. The van der Waals surface area contributed by atoms with Gasteiger partial charge in [0.2, 0.25) is 18.1 Å². The van der Waals surface area contributed by atoms with E-state index >= 15 is 0 Å². The van der Waals surface area contributed by atoms with E-state index in [9.17, 15) is 0 Å². The average molecular weight is 265 g/mol. The first-order valence-electron chi connectivity index (χ1n) is 4.43. The molecule has 102 valence electrons. The third-order valence-corrected chi connectivity index (χ3v) is 0.763. The van der Waals surface area contributed by atoms with E-state index < -0.39 is 5.96 Å². The van der Waals surface area contributed by atoms with Gasteiger partial charge in [0.25, 0.3) is 0 Å². The van der Waals surface area contributed by atoms with E-state index in [1.807, 2.05) is 5.32 Å². The highest BCUT2D eigenvalue weighted by atomic mass is 15.1. The van der Waals surface area contributed by atoms with Crippen LogP contribution in [0.2, 0.25) is 0 Å². The highest BCUT2D eigenvalue weighted by Crippen LogP contribution is 1.61. The second kappa shape index (κ2) is 16.9. The van der Waals surface area contributed by atoms with Crippen LogP contribution in [-0.2, 0) is 0 Å². The molecule has 0 unspecified atom stereocenters. The van der Waals surface area contributed by atoms with Crippen molar-refractivity contribution >= 4 is 17.8 Å². The molecular formula is C8H15N11. The Bertz CT molecular complexity index is 423. The predicted molar refractivity (Wildman–Crippen MR) is 69.9 cm³/mol. The molecule has 11 heteroatoms. The van der Waals surface area contributed by atoms with Crippen LogP contribution in [0.15, 0.2) is 9.98 Å². The van der Waals surface area contributed by atoms with Gasteiger partial charge in [-0.1, -0.05) is 0 Å². The highest BCUT2D eigenvalue weighted by Gasteiger charge is 1.86. The summed E-state index contributed by atoms with van der Waals surface area (Å²) in [5.41, 5.74) is 14.7. The van der Waals surface area contributed by atoms with Gasteiger partial charge in [0.1, 0.15) is 5.84 Å². The molecule has 19 heavy (non-hydrogen) atoms. The average Bonchev–Trinajstić information content (AvgIpc) is 2.29. The molecule has 0 aliphatic rings. The van der Waals surface area contributed by atoms with Crippen LogP contribution in [0.4, 0.5) is 0 Å². The summed E-state index contributed by atoms with van der Waals surface area (Å²) < 4.78 is 0. The molecule has 0 aliphatic heterocycles. The molecule has 0 rings (SSSR count). The third-order valence-electron chi connectivity index (χ3n) is 0.763. The monoisotopic (exact) mass is 265 g/mol. The normalized spacial score (nSPS) is 8.79. The molecule has 0 aromatic rings. The summed E-state index contributed by atoms with van der Waals surface area (Å²) in [6.07, 6.45) is 4.73. The number of hydrogen-bond donors (Lipinski definition) is 6. The first kappa shape index (κ1) is 20.8. The van der Waals surface area contributed by atoms with Crippen LogP contribution in [0.3, 0.4) is 0 Å². The van der Waals surface area contributed by atoms with Gasteiger partial charge in [-0.25, -0.2) is 0 Å². The fourth-order valence-corrected chi connectivity index (χ4v) is 0.294. The Hall–Kier alpha value is -3.52. The lowest BCUT2D eigenvalue weighted by Crippen LogP contribution is -2.29. The quantitative estimate of drug-likeness (QED) is 0.122. The first-order chi connectivity index (χ1) is 8.85. The zero-order valence-electron chi connectivity index (χ0n) is 10.5. The second-order valence-electron chi connectivity index (χ2n) is 2.33. The van der Waals surface area contributed by atoms with Crippen molar-refractivity contribution in [2.24, 2.45) is 27.2 Å². The van der Waals surface area contributed by atoms with E-state index in [0.717, 1.165) is 0 Å². The Balaban J connectivity index is -0.000000222. The zero-order valence-corrected chi connectivity index (χ0v) is 10.5. The number of rotatable bonds is 0. The maximum absolute atomic E-state index is 7.92. The Morgan fingerprint density at radius 3 is 1.79 bits per heavy atom. The molecule has 0 heterocycles. The smallest absolute Gasteiger partial charge is 0.215 e. The molecule has 0 bridgehead atoms. The number of nitrogens with two attached hydrogens (primary N) is 3. The van der Waals surface area contributed by atoms with Crippen LogP contribution in [0, 0.1) is 39.8 Å². The van der Waals surface area contributed by atoms with Crippen LogP contribution < -0.4 is 27.8 Å². The minimum absolute atomic E-state index is 0.176. The summed E-state index contributed by atoms with van der Waals surface area (Å²) in [6, 6.07) is 0. The van der Waals surface area contributed by atoms with Crippen LogP contribution in [-0.4, -0.2) is 24.8 Å². The molecule has 0 fully saturated rings. The number of aliphatic imine (C=N–C) groups is 2. The largest absolute Gasteiger partial charge is 0.387 e. The number of nitrogens with zero attached hydrogens (tertiary/aromatic N) is 5. The van der Waals surface area contributed by atoms with Crippen molar-refractivity contribution in [2.75, 3.05) is 7.05 Å². The minimum Gasteiger partial charge on any atom is -0.387 e. The zero-order chi connectivity index (χ0) is 15.7. The number of amidine groups is 1. The SMILES string of the molecule is CC(N)=NC#N.CNC#N.N#CNC(N)=NC(=N)N. The van der Waals surface area contributed by atoms with Gasteiger partial charge in [-0.15, -0.1) is 0 Å². The van der Waals surface area contributed by atoms with E-state index in [2.05, 4.69) is 15.3 Å². The van der Waals surface area contributed by atoms with Crippen molar-refractivity contribution in [3.8, 4) is 18.6 Å². The van der Waals surface area contributed by atoms with Gasteiger partial charge in [0, 0.05) is 7.05 Å². The fraction of sp³-hybridized carbons (Fsp3) is 0.250. The Morgan fingerprint density at radius 1 is 1.16 bits per heavy atom. The molecule has 0 aliphatic carbocycles. The summed E-state index contributed by atoms with van der Waals surface area (Å²) >= 11 is 0. The van der Waals surface area contributed by atoms with E-state index in [1.165, 1.54) is 12.4 Å². The van der Waals surface area contributed by atoms with Gasteiger partial charge in [0.05, 0.1) is 0 Å². The Morgan fingerprint density at radius 2 is 1.63 bits per heavy atom. The molecule has 0 atom stereocenters. The van der Waals surface area contributed by atoms with Crippen LogP contribution in [0.5, 0.6) is 0 Å². The molecule has 11 nitrogen and oxygen atoms in total. The number of nitriles is 3. The number of nitrogens with one attached hydrogen (secondary N) is 3. The van der Waals surface area contributed by atoms with Crippen LogP contribution in [0.25, 0.3) is 0 Å². The fourth-order valence-electron chi connectivity index (χ4n) is 0.294. The molecule has 0 amide bonds. The lowest BCUT2D eigenvalue weighted by Gasteiger charge is -1.91. The topological polar surface area (TPSA) is 222 Å². The standard InChI is InChI=1S/C3H6N6.C3H5N3.C2H4N2/c4-1-8-3(7)9-2(5)6;1-3(5)6-2-4;1-4-2-3/h(H6,5,6,7,8,9);1H3,(H2,5,6);4H,1H3. The van der Waals surface area contributed by atoms with E-state index in [-0.39, 0.29) is 5.96 Å². The molecule has 9 N–H and O–H groups in total. The minimum atomic E-state index is -0.435. The van der Waals surface area contributed by atoms with E-state index in [0.29, 0.717) is 5.84 Å². The molecule has 0 aromatic heterocycles. The lowest BCUT2D eigenvalue weighted by molar-refractivity contribution is 1.11. The molecule has 0 aromatic carbocycles. The first-order valence-corrected chi connectivity index (χ1v) is 4.43. The van der Waals surface area contributed by atoms with Crippen molar-refractivity contribution in [3.05, 3.63) is 0 Å². The number of guanidine groups is 2. The maximum Gasteiger partial charge on any atom is 0.215 e. The third kappa shape index (κ3) is 40.3. The molecule has 0 spiro atoms. The van der Waals surface area contributed by atoms with Gasteiger partial charge < -0.3 is 22.5 Å². The summed E-state index contributed by atoms with van der Waals surface area (Å²) in [5, 5.41) is 33.9. The summed E-state index contributed by atoms with van der Waals surface area (Å²) in [7, 11) is 1.57. The maximum atomic E-state index is 7.92. The molecule has 0 saturated heterocycles. The summed E-state index contributed by atoms with van der Waals surface area (Å²) in [4.78, 5) is 6.31. The summed E-state index contributed by atoms with van der Waals surface area (Å²) in [6.45, 7) is 1.56. The van der Waals surface area contributed by atoms with Crippen molar-refractivity contribution in [1.29, 1.82) is 21.2 Å². The van der Waals surface area contributed by atoms with Gasteiger partial charge in [-0.3, -0.25) is 10.7 Å². The molecular weight excluding hydrogens is 250 g/mol. The highest BCUT2D eigenvalue weighted by molar-refractivity contribution is 5.92.